The summed E-state index contributed by atoms with van der Waals surface area (Å²) in [5, 5.41) is 7.57. The van der Waals surface area contributed by atoms with Crippen molar-refractivity contribution < 1.29 is 18.0 Å². The average Bonchev–Trinajstić information content (AvgIpc) is 2.61. The van der Waals surface area contributed by atoms with Crippen LogP contribution in [0.1, 0.15) is 5.56 Å². The summed E-state index contributed by atoms with van der Waals surface area (Å²) in [7, 11) is 0. The molecule has 1 aliphatic rings. The molecule has 1 unspecified atom stereocenters. The van der Waals surface area contributed by atoms with Crippen molar-refractivity contribution in [2.45, 2.75) is 18.6 Å². The molecule has 0 aliphatic carbocycles. The molecule has 1 fully saturated rings. The Balaban J connectivity index is 0.00000261. The summed E-state index contributed by atoms with van der Waals surface area (Å²) in [4.78, 5) is 13.5. The van der Waals surface area contributed by atoms with Crippen molar-refractivity contribution in [1.29, 1.82) is 0 Å². The van der Waals surface area contributed by atoms with Crippen molar-refractivity contribution in [1.82, 2.24) is 15.5 Å². The van der Waals surface area contributed by atoms with Crippen LogP contribution in [0.2, 0.25) is 0 Å². The molecule has 0 aromatic heterocycles. The van der Waals surface area contributed by atoms with Gasteiger partial charge in [0, 0.05) is 32.7 Å². The standard InChI is InChI=1S/C19H22F3N3O.ClH/c20-19(21,22)17(25-9-7-23-8-10-25)13-24-18(26)12-14-5-6-15-3-1-2-4-16(15)11-14;/h1-6,11,17,23H,7-10,12-13H2,(H,24,26);1H. The van der Waals surface area contributed by atoms with Crippen molar-refractivity contribution in [2.24, 2.45) is 0 Å². The first kappa shape index (κ1) is 21.5. The number of hydrogen-bond acceptors (Lipinski definition) is 3. The molecule has 1 aliphatic heterocycles. The first-order valence-corrected chi connectivity index (χ1v) is 8.69. The van der Waals surface area contributed by atoms with Gasteiger partial charge in [0.05, 0.1) is 6.42 Å². The highest BCUT2D eigenvalue weighted by Crippen LogP contribution is 2.25. The molecular weight excluding hydrogens is 379 g/mol. The molecular formula is C19H23ClF3N3O. The summed E-state index contributed by atoms with van der Waals surface area (Å²) in [5.41, 5.74) is 0.784. The Morgan fingerprint density at radius 2 is 1.78 bits per heavy atom. The molecule has 0 spiro atoms. The van der Waals surface area contributed by atoms with Crippen LogP contribution in [0.25, 0.3) is 10.8 Å². The second kappa shape index (κ2) is 9.39. The molecule has 1 amide bonds. The predicted octanol–water partition coefficient (Wildman–Crippen LogP) is 2.76. The molecule has 0 radical (unpaired) electrons. The van der Waals surface area contributed by atoms with E-state index < -0.39 is 24.7 Å². The second-order valence-corrected chi connectivity index (χ2v) is 6.51. The quantitative estimate of drug-likeness (QED) is 0.809. The van der Waals surface area contributed by atoms with Crippen molar-refractivity contribution in [3.63, 3.8) is 0 Å². The van der Waals surface area contributed by atoms with Gasteiger partial charge < -0.3 is 10.6 Å². The molecule has 0 bridgehead atoms. The molecule has 1 saturated heterocycles. The maximum Gasteiger partial charge on any atom is 0.405 e. The van der Waals surface area contributed by atoms with E-state index in [9.17, 15) is 18.0 Å². The molecule has 2 aromatic carbocycles. The number of hydrogen-bond donors (Lipinski definition) is 2. The van der Waals surface area contributed by atoms with Gasteiger partial charge in [0.15, 0.2) is 0 Å². The zero-order chi connectivity index (χ0) is 18.6. The highest BCUT2D eigenvalue weighted by Gasteiger charge is 2.43. The molecule has 1 atom stereocenters. The number of fused-ring (bicyclic) bond motifs is 1. The van der Waals surface area contributed by atoms with Gasteiger partial charge in [-0.3, -0.25) is 9.69 Å². The number of amides is 1. The van der Waals surface area contributed by atoms with Crippen LogP contribution in [0.3, 0.4) is 0 Å². The van der Waals surface area contributed by atoms with Gasteiger partial charge in [0.1, 0.15) is 6.04 Å². The van der Waals surface area contributed by atoms with E-state index in [-0.39, 0.29) is 18.8 Å². The van der Waals surface area contributed by atoms with Crippen LogP contribution in [0.5, 0.6) is 0 Å². The number of piperazine rings is 1. The zero-order valence-corrected chi connectivity index (χ0v) is 15.6. The minimum atomic E-state index is -4.37. The Labute approximate surface area is 162 Å². The summed E-state index contributed by atoms with van der Waals surface area (Å²) < 4.78 is 40.0. The second-order valence-electron chi connectivity index (χ2n) is 6.51. The fourth-order valence-electron chi connectivity index (χ4n) is 3.25. The van der Waals surface area contributed by atoms with Crippen LogP contribution in [0.15, 0.2) is 42.5 Å². The molecule has 1 heterocycles. The highest BCUT2D eigenvalue weighted by atomic mass is 35.5. The number of carbonyl (C=O) groups is 1. The highest BCUT2D eigenvalue weighted by molar-refractivity contribution is 5.86. The third-order valence-corrected chi connectivity index (χ3v) is 4.64. The number of nitrogens with one attached hydrogen (secondary N) is 2. The van der Waals surface area contributed by atoms with E-state index in [1.165, 1.54) is 4.90 Å². The van der Waals surface area contributed by atoms with E-state index in [4.69, 9.17) is 0 Å². The molecule has 27 heavy (non-hydrogen) atoms. The predicted molar refractivity (Wildman–Crippen MR) is 102 cm³/mol. The summed E-state index contributed by atoms with van der Waals surface area (Å²) in [6.45, 7) is 1.28. The Morgan fingerprint density at radius 1 is 1.11 bits per heavy atom. The minimum absolute atomic E-state index is 0. The Bertz CT molecular complexity index is 763. The fraction of sp³-hybridized carbons (Fsp3) is 0.421. The van der Waals surface area contributed by atoms with Gasteiger partial charge in [-0.05, 0) is 16.3 Å². The van der Waals surface area contributed by atoms with Gasteiger partial charge in [-0.1, -0.05) is 42.5 Å². The lowest BCUT2D eigenvalue weighted by atomic mass is 10.0. The van der Waals surface area contributed by atoms with Crippen LogP contribution in [0, 0.1) is 0 Å². The molecule has 3 rings (SSSR count). The van der Waals surface area contributed by atoms with E-state index in [0.29, 0.717) is 26.2 Å². The van der Waals surface area contributed by atoms with E-state index in [1.54, 1.807) is 0 Å². The van der Waals surface area contributed by atoms with Crippen molar-refractivity contribution in [3.8, 4) is 0 Å². The van der Waals surface area contributed by atoms with Crippen LogP contribution < -0.4 is 10.6 Å². The lowest BCUT2D eigenvalue weighted by molar-refractivity contribution is -0.184. The van der Waals surface area contributed by atoms with Crippen LogP contribution >= 0.6 is 12.4 Å². The largest absolute Gasteiger partial charge is 0.405 e. The summed E-state index contributed by atoms with van der Waals surface area (Å²) in [6.07, 6.45) is -4.30. The van der Waals surface area contributed by atoms with E-state index in [0.717, 1.165) is 16.3 Å². The van der Waals surface area contributed by atoms with Crippen molar-refractivity contribution in [3.05, 3.63) is 48.0 Å². The number of carbonyl (C=O) groups excluding carboxylic acids is 1. The van der Waals surface area contributed by atoms with Crippen molar-refractivity contribution >= 4 is 29.1 Å². The van der Waals surface area contributed by atoms with Gasteiger partial charge in [-0.2, -0.15) is 13.2 Å². The van der Waals surface area contributed by atoms with E-state index >= 15 is 0 Å². The van der Waals surface area contributed by atoms with Crippen molar-refractivity contribution in [2.75, 3.05) is 32.7 Å². The number of halogens is 4. The maximum absolute atomic E-state index is 13.3. The average molecular weight is 402 g/mol. The first-order valence-electron chi connectivity index (χ1n) is 8.69. The topological polar surface area (TPSA) is 44.4 Å². The van der Waals surface area contributed by atoms with Crippen LogP contribution in [-0.2, 0) is 11.2 Å². The Hall–Kier alpha value is -1.83. The SMILES string of the molecule is Cl.O=C(Cc1ccc2ccccc2c1)NCC(N1CCNCC1)C(F)(F)F. The monoisotopic (exact) mass is 401 g/mol. The molecule has 2 aromatic rings. The fourth-order valence-corrected chi connectivity index (χ4v) is 3.25. The molecule has 2 N–H and O–H groups in total. The maximum atomic E-state index is 13.3. The lowest BCUT2D eigenvalue weighted by Gasteiger charge is -2.35. The molecule has 0 saturated carbocycles. The number of alkyl halides is 3. The van der Waals surface area contributed by atoms with Gasteiger partial charge in [-0.15, -0.1) is 12.4 Å². The van der Waals surface area contributed by atoms with Crippen LogP contribution in [0.4, 0.5) is 13.2 Å². The summed E-state index contributed by atoms with van der Waals surface area (Å²) >= 11 is 0. The normalized spacial score (nSPS) is 16.6. The zero-order valence-electron chi connectivity index (χ0n) is 14.8. The number of benzene rings is 2. The third kappa shape index (κ3) is 5.82. The number of nitrogens with zero attached hydrogens (tertiary/aromatic N) is 1. The lowest BCUT2D eigenvalue weighted by Crippen LogP contribution is -2.57. The first-order chi connectivity index (χ1) is 12.4. The van der Waals surface area contributed by atoms with Gasteiger partial charge in [0.2, 0.25) is 5.91 Å². The van der Waals surface area contributed by atoms with Gasteiger partial charge in [0.25, 0.3) is 0 Å². The summed E-state index contributed by atoms with van der Waals surface area (Å²) in [5.74, 6) is -0.398. The Kier molecular flexibility index (Phi) is 7.47. The van der Waals surface area contributed by atoms with E-state index in [1.807, 2.05) is 42.5 Å². The molecule has 8 heteroatoms. The third-order valence-electron chi connectivity index (χ3n) is 4.64. The van der Waals surface area contributed by atoms with Gasteiger partial charge >= 0.3 is 6.18 Å². The Morgan fingerprint density at radius 3 is 2.44 bits per heavy atom. The molecule has 148 valence electrons. The van der Waals surface area contributed by atoms with Crippen LogP contribution in [-0.4, -0.2) is 55.7 Å². The summed E-state index contributed by atoms with van der Waals surface area (Å²) in [6, 6.07) is 11.8. The smallest absolute Gasteiger partial charge is 0.354 e. The molecule has 4 nitrogen and oxygen atoms in total. The minimum Gasteiger partial charge on any atom is -0.354 e. The number of rotatable bonds is 5. The van der Waals surface area contributed by atoms with Gasteiger partial charge in [-0.25, -0.2) is 0 Å². The van der Waals surface area contributed by atoms with E-state index in [2.05, 4.69) is 10.6 Å².